The molecule has 0 aromatic heterocycles. The van der Waals surface area contributed by atoms with Gasteiger partial charge in [0.15, 0.2) is 0 Å². The molecular weight excluding hydrogens is 243 g/mol. The van der Waals surface area contributed by atoms with E-state index in [9.17, 15) is 9.18 Å². The first-order valence-electron chi connectivity index (χ1n) is 6.82. The third-order valence-electron chi connectivity index (χ3n) is 2.98. The van der Waals surface area contributed by atoms with Crippen molar-refractivity contribution in [2.45, 2.75) is 26.2 Å². The quantitative estimate of drug-likeness (QED) is 0.782. The van der Waals surface area contributed by atoms with E-state index in [0.717, 1.165) is 19.4 Å². The van der Waals surface area contributed by atoms with Crippen LogP contribution in [0.15, 0.2) is 24.3 Å². The van der Waals surface area contributed by atoms with Crippen LogP contribution in [0.4, 0.5) is 4.39 Å². The second-order valence-electron chi connectivity index (χ2n) is 4.78. The van der Waals surface area contributed by atoms with E-state index in [4.69, 9.17) is 0 Å². The van der Waals surface area contributed by atoms with Gasteiger partial charge in [0.05, 0.1) is 6.54 Å². The van der Waals surface area contributed by atoms with Gasteiger partial charge in [0.1, 0.15) is 5.82 Å². The first-order chi connectivity index (χ1) is 9.13. The number of nitrogens with one attached hydrogen (secondary N) is 1. The average molecular weight is 266 g/mol. The van der Waals surface area contributed by atoms with Gasteiger partial charge >= 0.3 is 0 Å². The fourth-order valence-electron chi connectivity index (χ4n) is 1.85. The molecule has 1 aromatic carbocycles. The van der Waals surface area contributed by atoms with Gasteiger partial charge in [-0.3, -0.25) is 9.69 Å². The third kappa shape index (κ3) is 6.34. The SMILES string of the molecule is CCCCN(C)CC(=O)NCCc1ccccc1F. The largest absolute Gasteiger partial charge is 0.355 e. The van der Waals surface area contributed by atoms with E-state index in [-0.39, 0.29) is 11.7 Å². The van der Waals surface area contributed by atoms with Crippen LogP contribution >= 0.6 is 0 Å². The minimum absolute atomic E-state index is 0.00468. The summed E-state index contributed by atoms with van der Waals surface area (Å²) in [5, 5.41) is 2.82. The smallest absolute Gasteiger partial charge is 0.234 e. The van der Waals surface area contributed by atoms with Gasteiger partial charge in [-0.05, 0) is 38.1 Å². The lowest BCUT2D eigenvalue weighted by atomic mass is 10.1. The van der Waals surface area contributed by atoms with Crippen molar-refractivity contribution in [2.75, 3.05) is 26.7 Å². The molecule has 0 saturated heterocycles. The fraction of sp³-hybridized carbons (Fsp3) is 0.533. The number of unbranched alkanes of at least 4 members (excludes halogenated alkanes) is 1. The van der Waals surface area contributed by atoms with Gasteiger partial charge < -0.3 is 5.32 Å². The van der Waals surface area contributed by atoms with Gasteiger partial charge in [0.2, 0.25) is 5.91 Å². The van der Waals surface area contributed by atoms with Crippen LogP contribution in [0.2, 0.25) is 0 Å². The van der Waals surface area contributed by atoms with Crippen molar-refractivity contribution in [3.63, 3.8) is 0 Å². The Kier molecular flexibility index (Phi) is 7.11. The van der Waals surface area contributed by atoms with Crippen molar-refractivity contribution in [3.8, 4) is 0 Å². The van der Waals surface area contributed by atoms with Gasteiger partial charge in [0.25, 0.3) is 0 Å². The average Bonchev–Trinajstić information content (AvgIpc) is 2.38. The lowest BCUT2D eigenvalue weighted by Crippen LogP contribution is -2.36. The summed E-state index contributed by atoms with van der Waals surface area (Å²) in [6, 6.07) is 6.66. The number of hydrogen-bond donors (Lipinski definition) is 1. The van der Waals surface area contributed by atoms with Gasteiger partial charge in [0, 0.05) is 6.54 Å². The Morgan fingerprint density at radius 3 is 2.79 bits per heavy atom. The predicted octanol–water partition coefficient (Wildman–Crippen LogP) is 2.22. The highest BCUT2D eigenvalue weighted by atomic mass is 19.1. The van der Waals surface area contributed by atoms with Crippen LogP contribution in [0.5, 0.6) is 0 Å². The minimum Gasteiger partial charge on any atom is -0.355 e. The zero-order valence-electron chi connectivity index (χ0n) is 11.8. The van der Waals surface area contributed by atoms with Crippen molar-refractivity contribution < 1.29 is 9.18 Å². The Hall–Kier alpha value is -1.42. The van der Waals surface area contributed by atoms with Crippen LogP contribution in [0.25, 0.3) is 0 Å². The molecule has 0 radical (unpaired) electrons. The number of halogens is 1. The molecule has 1 N–H and O–H groups in total. The molecule has 4 heteroatoms. The molecule has 0 aliphatic rings. The zero-order valence-corrected chi connectivity index (χ0v) is 11.8. The summed E-state index contributed by atoms with van der Waals surface area (Å²) in [5.74, 6) is -0.216. The number of nitrogens with zero attached hydrogens (tertiary/aromatic N) is 1. The normalized spacial score (nSPS) is 10.7. The number of hydrogen-bond acceptors (Lipinski definition) is 2. The molecule has 1 amide bonds. The maximum atomic E-state index is 13.3. The summed E-state index contributed by atoms with van der Waals surface area (Å²) in [6.07, 6.45) is 2.75. The molecule has 3 nitrogen and oxygen atoms in total. The summed E-state index contributed by atoms with van der Waals surface area (Å²) >= 11 is 0. The van der Waals surface area contributed by atoms with Crippen LogP contribution in [-0.2, 0) is 11.2 Å². The lowest BCUT2D eigenvalue weighted by Gasteiger charge is -2.15. The molecule has 0 aliphatic carbocycles. The molecule has 0 bridgehead atoms. The van der Waals surface area contributed by atoms with Crippen LogP contribution in [0.3, 0.4) is 0 Å². The number of benzene rings is 1. The van der Waals surface area contributed by atoms with Gasteiger partial charge in [-0.25, -0.2) is 4.39 Å². The number of likely N-dealkylation sites (N-methyl/N-ethyl adjacent to an activating group) is 1. The molecule has 0 fully saturated rings. The second kappa shape index (κ2) is 8.64. The highest BCUT2D eigenvalue weighted by Crippen LogP contribution is 2.06. The van der Waals surface area contributed by atoms with E-state index in [2.05, 4.69) is 12.2 Å². The Labute approximate surface area is 114 Å². The van der Waals surface area contributed by atoms with Crippen LogP contribution in [0, 0.1) is 5.82 Å². The van der Waals surface area contributed by atoms with Crippen molar-refractivity contribution in [2.24, 2.45) is 0 Å². The second-order valence-corrected chi connectivity index (χ2v) is 4.78. The van der Waals surface area contributed by atoms with Gasteiger partial charge in [-0.15, -0.1) is 0 Å². The summed E-state index contributed by atoms with van der Waals surface area (Å²) in [6.45, 7) is 3.93. The van der Waals surface area contributed by atoms with Gasteiger partial charge in [-0.2, -0.15) is 0 Å². The van der Waals surface area contributed by atoms with Gasteiger partial charge in [-0.1, -0.05) is 31.5 Å². The van der Waals surface area contributed by atoms with Crippen molar-refractivity contribution in [1.29, 1.82) is 0 Å². The number of carbonyl (C=O) groups excluding carboxylic acids is 1. The molecule has 1 rings (SSSR count). The maximum Gasteiger partial charge on any atom is 0.234 e. The van der Waals surface area contributed by atoms with E-state index in [1.165, 1.54) is 6.07 Å². The molecule has 0 atom stereocenters. The Bertz CT molecular complexity index is 395. The molecular formula is C15H23FN2O. The molecule has 106 valence electrons. The van der Waals surface area contributed by atoms with E-state index in [1.807, 2.05) is 11.9 Å². The molecule has 0 aliphatic heterocycles. The number of rotatable bonds is 8. The summed E-state index contributed by atoms with van der Waals surface area (Å²) in [5.41, 5.74) is 0.641. The number of carbonyl (C=O) groups is 1. The van der Waals surface area contributed by atoms with Crippen molar-refractivity contribution >= 4 is 5.91 Å². The minimum atomic E-state index is -0.211. The van der Waals surface area contributed by atoms with Crippen LogP contribution in [-0.4, -0.2) is 37.5 Å². The lowest BCUT2D eigenvalue weighted by molar-refractivity contribution is -0.121. The highest BCUT2D eigenvalue weighted by Gasteiger charge is 2.06. The first-order valence-corrected chi connectivity index (χ1v) is 6.82. The summed E-state index contributed by atoms with van der Waals surface area (Å²) in [7, 11) is 1.94. The van der Waals surface area contributed by atoms with E-state index in [1.54, 1.807) is 18.2 Å². The molecule has 1 aromatic rings. The van der Waals surface area contributed by atoms with Crippen molar-refractivity contribution in [1.82, 2.24) is 10.2 Å². The Morgan fingerprint density at radius 2 is 2.11 bits per heavy atom. The molecule has 0 heterocycles. The molecule has 0 saturated carbocycles. The summed E-state index contributed by atoms with van der Waals surface area (Å²) < 4.78 is 13.3. The van der Waals surface area contributed by atoms with Crippen LogP contribution in [0.1, 0.15) is 25.3 Å². The standard InChI is InChI=1S/C15H23FN2O/c1-3-4-11-18(2)12-15(19)17-10-9-13-7-5-6-8-14(13)16/h5-8H,3-4,9-12H2,1-2H3,(H,17,19). The highest BCUT2D eigenvalue weighted by molar-refractivity contribution is 5.77. The molecule has 19 heavy (non-hydrogen) atoms. The summed E-state index contributed by atoms with van der Waals surface area (Å²) in [4.78, 5) is 13.6. The number of amides is 1. The predicted molar refractivity (Wildman–Crippen MR) is 75.5 cm³/mol. The monoisotopic (exact) mass is 266 g/mol. The Morgan fingerprint density at radius 1 is 1.37 bits per heavy atom. The topological polar surface area (TPSA) is 32.3 Å². The molecule has 0 unspecified atom stereocenters. The van der Waals surface area contributed by atoms with E-state index in [0.29, 0.717) is 25.1 Å². The van der Waals surface area contributed by atoms with Crippen molar-refractivity contribution in [3.05, 3.63) is 35.6 Å². The molecule has 0 spiro atoms. The maximum absolute atomic E-state index is 13.3. The Balaban J connectivity index is 2.22. The van der Waals surface area contributed by atoms with E-state index < -0.39 is 0 Å². The zero-order chi connectivity index (χ0) is 14.1. The van der Waals surface area contributed by atoms with E-state index >= 15 is 0 Å². The third-order valence-corrected chi connectivity index (χ3v) is 2.98. The van der Waals surface area contributed by atoms with Crippen LogP contribution < -0.4 is 5.32 Å². The first kappa shape index (κ1) is 15.6. The fourth-order valence-corrected chi connectivity index (χ4v) is 1.85.